The number of fused-ring (bicyclic) bond motifs is 3. The zero-order chi connectivity index (χ0) is 17.3. The number of aliphatic hydroxyl groups is 2. The van der Waals surface area contributed by atoms with Crippen LogP contribution in [0.25, 0.3) is 0 Å². The van der Waals surface area contributed by atoms with Gasteiger partial charge in [0, 0.05) is 0 Å². The van der Waals surface area contributed by atoms with Gasteiger partial charge in [-0.15, -0.1) is 6.58 Å². The topological polar surface area (TPSA) is 49.7 Å². The minimum absolute atomic E-state index is 0.110. The molecule has 1 saturated heterocycles. The van der Waals surface area contributed by atoms with Gasteiger partial charge in [0.25, 0.3) is 0 Å². The van der Waals surface area contributed by atoms with Crippen molar-refractivity contribution in [3.63, 3.8) is 0 Å². The summed E-state index contributed by atoms with van der Waals surface area (Å²) >= 11 is 0. The predicted octanol–water partition coefficient (Wildman–Crippen LogP) is 3.68. The Hall–Kier alpha value is -0.380. The van der Waals surface area contributed by atoms with Gasteiger partial charge in [-0.05, 0) is 68.6 Å². The Morgan fingerprint density at radius 1 is 0.957 bits per heavy atom. The van der Waals surface area contributed by atoms with E-state index in [4.69, 9.17) is 4.74 Å². The van der Waals surface area contributed by atoms with E-state index in [-0.39, 0.29) is 22.5 Å². The van der Waals surface area contributed by atoms with Gasteiger partial charge in [0.1, 0.15) is 0 Å². The molecule has 2 saturated carbocycles. The Morgan fingerprint density at radius 2 is 1.61 bits per heavy atom. The smallest absolute Gasteiger partial charge is 0.0957 e. The normalized spacial score (nSPS) is 55.6. The molecule has 1 aliphatic heterocycles. The van der Waals surface area contributed by atoms with Crippen molar-refractivity contribution in [2.45, 2.75) is 90.1 Å². The Labute approximate surface area is 141 Å². The van der Waals surface area contributed by atoms with E-state index in [0.29, 0.717) is 18.3 Å². The maximum Gasteiger partial charge on any atom is 0.0957 e. The van der Waals surface area contributed by atoms with Crippen LogP contribution in [0.15, 0.2) is 12.7 Å². The Morgan fingerprint density at radius 3 is 2.22 bits per heavy atom. The highest BCUT2D eigenvalue weighted by Gasteiger charge is 2.65. The molecule has 132 valence electrons. The Balaban J connectivity index is 2.01. The molecular formula is C20H34O3. The van der Waals surface area contributed by atoms with Crippen molar-refractivity contribution in [2.24, 2.45) is 22.7 Å². The van der Waals surface area contributed by atoms with E-state index >= 15 is 0 Å². The largest absolute Gasteiger partial charge is 0.393 e. The highest BCUT2D eigenvalue weighted by Crippen LogP contribution is 2.65. The minimum Gasteiger partial charge on any atom is -0.393 e. The molecule has 1 heterocycles. The molecule has 0 bridgehead atoms. The standard InChI is InChI=1S/C20H34O3/c1-7-18(4)10-8-13-19(5)11-9-15(21)17(2,3)14(19)12-16(22)20(13,6)23-18/h7,13-16,21-22H,1,8-12H2,2-6H3/t13-,14+,15+,16-,18+,19-,20+/m1/s1. The molecule has 0 aromatic heterocycles. The summed E-state index contributed by atoms with van der Waals surface area (Å²) in [4.78, 5) is 0. The van der Waals surface area contributed by atoms with Gasteiger partial charge < -0.3 is 14.9 Å². The fraction of sp³-hybridized carbons (Fsp3) is 0.900. The fourth-order valence-electron chi connectivity index (χ4n) is 6.29. The van der Waals surface area contributed by atoms with Crippen molar-refractivity contribution in [1.29, 1.82) is 0 Å². The summed E-state index contributed by atoms with van der Waals surface area (Å²) in [6.45, 7) is 14.8. The molecule has 0 aromatic rings. The van der Waals surface area contributed by atoms with Crippen LogP contribution in [-0.2, 0) is 4.74 Å². The molecule has 0 amide bonds. The van der Waals surface area contributed by atoms with Crippen molar-refractivity contribution >= 4 is 0 Å². The van der Waals surface area contributed by atoms with Crippen LogP contribution in [0.5, 0.6) is 0 Å². The first-order valence-electron chi connectivity index (χ1n) is 9.19. The van der Waals surface area contributed by atoms with Crippen LogP contribution in [-0.4, -0.2) is 33.6 Å². The molecular weight excluding hydrogens is 288 g/mol. The molecule has 0 unspecified atom stereocenters. The summed E-state index contributed by atoms with van der Waals surface area (Å²) in [7, 11) is 0. The summed E-state index contributed by atoms with van der Waals surface area (Å²) in [5.41, 5.74) is -0.919. The van der Waals surface area contributed by atoms with Crippen LogP contribution < -0.4 is 0 Å². The molecule has 0 aromatic carbocycles. The van der Waals surface area contributed by atoms with Crippen molar-refractivity contribution in [2.75, 3.05) is 0 Å². The van der Waals surface area contributed by atoms with Crippen LogP contribution in [0.2, 0.25) is 0 Å². The molecule has 3 rings (SSSR count). The van der Waals surface area contributed by atoms with E-state index in [9.17, 15) is 10.2 Å². The third-order valence-electron chi connectivity index (χ3n) is 7.93. The summed E-state index contributed by atoms with van der Waals surface area (Å²) in [6.07, 6.45) is 5.70. The summed E-state index contributed by atoms with van der Waals surface area (Å²) < 4.78 is 6.51. The zero-order valence-corrected chi connectivity index (χ0v) is 15.4. The zero-order valence-electron chi connectivity index (χ0n) is 15.4. The molecule has 3 heteroatoms. The van der Waals surface area contributed by atoms with E-state index in [0.717, 1.165) is 25.7 Å². The van der Waals surface area contributed by atoms with Crippen LogP contribution >= 0.6 is 0 Å². The van der Waals surface area contributed by atoms with Crippen molar-refractivity contribution in [3.05, 3.63) is 12.7 Å². The lowest BCUT2D eigenvalue weighted by Gasteiger charge is -2.67. The average Bonchev–Trinajstić information content (AvgIpc) is 2.47. The van der Waals surface area contributed by atoms with Crippen LogP contribution in [0.1, 0.15) is 66.7 Å². The van der Waals surface area contributed by atoms with Crippen molar-refractivity contribution in [3.8, 4) is 0 Å². The second-order valence-electron chi connectivity index (χ2n) is 9.58. The molecule has 0 radical (unpaired) electrons. The molecule has 3 fully saturated rings. The van der Waals surface area contributed by atoms with E-state index in [1.165, 1.54) is 0 Å². The first kappa shape index (κ1) is 17.4. The fourth-order valence-corrected chi connectivity index (χ4v) is 6.29. The van der Waals surface area contributed by atoms with Gasteiger partial charge >= 0.3 is 0 Å². The minimum atomic E-state index is -0.523. The van der Waals surface area contributed by atoms with Gasteiger partial charge in [0.15, 0.2) is 0 Å². The second kappa shape index (κ2) is 5.06. The Kier molecular flexibility index (Phi) is 3.84. The van der Waals surface area contributed by atoms with Gasteiger partial charge in [0.2, 0.25) is 0 Å². The predicted molar refractivity (Wildman–Crippen MR) is 92.1 cm³/mol. The van der Waals surface area contributed by atoms with Gasteiger partial charge in [-0.25, -0.2) is 0 Å². The third kappa shape index (κ3) is 2.26. The number of rotatable bonds is 1. The second-order valence-corrected chi connectivity index (χ2v) is 9.58. The first-order valence-corrected chi connectivity index (χ1v) is 9.19. The monoisotopic (exact) mass is 322 g/mol. The number of hydrogen-bond acceptors (Lipinski definition) is 3. The highest BCUT2D eigenvalue weighted by molar-refractivity contribution is 5.16. The summed E-state index contributed by atoms with van der Waals surface area (Å²) in [5.74, 6) is 0.645. The SMILES string of the molecule is C=C[C@@]1(C)CC[C@@H]2[C@@]3(C)CC[C@H](O)C(C)(C)[C@@H]3C[C@@H](O)[C@@]2(C)O1. The van der Waals surface area contributed by atoms with E-state index in [2.05, 4.69) is 41.2 Å². The van der Waals surface area contributed by atoms with E-state index in [1.807, 2.05) is 6.08 Å². The Bertz CT molecular complexity index is 501. The first-order chi connectivity index (χ1) is 10.5. The lowest BCUT2D eigenvalue weighted by molar-refractivity contribution is -0.297. The molecule has 2 aliphatic carbocycles. The average molecular weight is 322 g/mol. The quantitative estimate of drug-likeness (QED) is 0.724. The molecule has 23 heavy (non-hydrogen) atoms. The van der Waals surface area contributed by atoms with Crippen molar-refractivity contribution < 1.29 is 14.9 Å². The highest BCUT2D eigenvalue weighted by atomic mass is 16.5. The molecule has 2 N–H and O–H groups in total. The molecule has 0 spiro atoms. The van der Waals surface area contributed by atoms with Gasteiger partial charge in [-0.3, -0.25) is 0 Å². The van der Waals surface area contributed by atoms with Crippen LogP contribution in [0.3, 0.4) is 0 Å². The van der Waals surface area contributed by atoms with Gasteiger partial charge in [-0.1, -0.05) is 26.8 Å². The number of hydrogen-bond donors (Lipinski definition) is 2. The van der Waals surface area contributed by atoms with Crippen molar-refractivity contribution in [1.82, 2.24) is 0 Å². The lowest BCUT2D eigenvalue weighted by atomic mass is 9.43. The maximum atomic E-state index is 11.0. The molecule has 3 aliphatic rings. The van der Waals surface area contributed by atoms with Gasteiger partial charge in [-0.2, -0.15) is 0 Å². The molecule has 7 atom stereocenters. The van der Waals surface area contributed by atoms with Gasteiger partial charge in [0.05, 0.1) is 23.4 Å². The number of aliphatic hydroxyl groups excluding tert-OH is 2. The lowest BCUT2D eigenvalue weighted by Crippen LogP contribution is -2.69. The number of ether oxygens (including phenoxy) is 1. The summed E-state index contributed by atoms with van der Waals surface area (Å²) in [5, 5.41) is 21.6. The van der Waals surface area contributed by atoms with E-state index < -0.39 is 11.7 Å². The maximum absolute atomic E-state index is 11.0. The summed E-state index contributed by atoms with van der Waals surface area (Å²) in [6, 6.07) is 0. The van der Waals surface area contributed by atoms with Crippen LogP contribution in [0.4, 0.5) is 0 Å². The third-order valence-corrected chi connectivity index (χ3v) is 7.93. The van der Waals surface area contributed by atoms with E-state index in [1.54, 1.807) is 0 Å². The molecule has 3 nitrogen and oxygen atoms in total. The van der Waals surface area contributed by atoms with Crippen LogP contribution in [0, 0.1) is 22.7 Å².